The van der Waals surface area contributed by atoms with Crippen molar-refractivity contribution < 1.29 is 14.3 Å². The molecular weight excluding hydrogens is 278 g/mol. The first-order chi connectivity index (χ1) is 10.7. The molecule has 2 bridgehead atoms. The van der Waals surface area contributed by atoms with Gasteiger partial charge in [0.1, 0.15) is 0 Å². The zero-order valence-electron chi connectivity index (χ0n) is 13.7. The summed E-state index contributed by atoms with van der Waals surface area (Å²) in [6.45, 7) is 1.40. The van der Waals surface area contributed by atoms with Crippen LogP contribution in [-0.2, 0) is 14.3 Å². The molecule has 3 aliphatic carbocycles. The zero-order chi connectivity index (χ0) is 15.3. The van der Waals surface area contributed by atoms with Crippen molar-refractivity contribution in [2.75, 3.05) is 27.4 Å². The summed E-state index contributed by atoms with van der Waals surface area (Å²) in [6, 6.07) is 0.661. The third-order valence-electron chi connectivity index (χ3n) is 6.50. The Balaban J connectivity index is 1.61. The van der Waals surface area contributed by atoms with E-state index in [-0.39, 0.29) is 0 Å². The average Bonchev–Trinajstić information content (AvgIpc) is 3.23. The maximum Gasteiger partial charge on any atom is 0.182 e. The Bertz CT molecular complexity index is 475. The first-order valence-electron chi connectivity index (χ1n) is 8.76. The van der Waals surface area contributed by atoms with Crippen molar-refractivity contribution >= 4 is 5.78 Å². The van der Waals surface area contributed by atoms with Crippen molar-refractivity contribution in [1.82, 2.24) is 4.90 Å². The predicted octanol–water partition coefficient (Wildman–Crippen LogP) is 2.24. The minimum Gasteiger partial charge on any atom is -0.383 e. The normalized spacial score (nSPS) is 43.1. The van der Waals surface area contributed by atoms with Crippen molar-refractivity contribution in [2.24, 2.45) is 23.7 Å². The van der Waals surface area contributed by atoms with E-state index in [1.165, 1.54) is 19.3 Å². The van der Waals surface area contributed by atoms with Crippen LogP contribution in [0.1, 0.15) is 32.1 Å². The molecular formula is C18H27NO3. The van der Waals surface area contributed by atoms with Gasteiger partial charge in [-0.15, -0.1) is 0 Å². The van der Waals surface area contributed by atoms with E-state index in [1.54, 1.807) is 14.2 Å². The van der Waals surface area contributed by atoms with Crippen molar-refractivity contribution in [3.05, 3.63) is 11.8 Å². The van der Waals surface area contributed by atoms with E-state index in [0.717, 1.165) is 24.5 Å². The van der Waals surface area contributed by atoms with Gasteiger partial charge in [0.2, 0.25) is 0 Å². The third-order valence-corrected chi connectivity index (χ3v) is 6.50. The summed E-state index contributed by atoms with van der Waals surface area (Å²) in [5.74, 6) is 2.65. The lowest BCUT2D eigenvalue weighted by molar-refractivity contribution is -0.122. The number of hydrogen-bond acceptors (Lipinski definition) is 4. The molecule has 6 atom stereocenters. The summed E-state index contributed by atoms with van der Waals surface area (Å²) < 4.78 is 10.8. The fourth-order valence-corrected chi connectivity index (χ4v) is 5.68. The molecule has 1 heterocycles. The van der Waals surface area contributed by atoms with Crippen molar-refractivity contribution in [2.45, 2.75) is 44.2 Å². The number of ether oxygens (including phenoxy) is 2. The van der Waals surface area contributed by atoms with Crippen molar-refractivity contribution in [3.8, 4) is 0 Å². The lowest BCUT2D eigenvalue weighted by atomic mass is 9.81. The molecule has 0 radical (unpaired) electrons. The lowest BCUT2D eigenvalue weighted by Crippen LogP contribution is -2.42. The Morgan fingerprint density at radius 3 is 2.27 bits per heavy atom. The van der Waals surface area contributed by atoms with Crippen LogP contribution in [0, 0.1) is 23.7 Å². The van der Waals surface area contributed by atoms with Crippen LogP contribution in [0.4, 0.5) is 0 Å². The molecule has 4 aliphatic rings. The molecule has 0 aromatic heterocycles. The Hall–Kier alpha value is -0.870. The van der Waals surface area contributed by atoms with Crippen LogP contribution in [0.5, 0.6) is 0 Å². The highest BCUT2D eigenvalue weighted by Crippen LogP contribution is 2.57. The second kappa shape index (κ2) is 5.64. The molecule has 4 heteroatoms. The smallest absolute Gasteiger partial charge is 0.182 e. The number of likely N-dealkylation sites (tertiary alicyclic amines) is 1. The largest absolute Gasteiger partial charge is 0.383 e. The molecule has 0 spiro atoms. The van der Waals surface area contributed by atoms with Crippen LogP contribution in [0.15, 0.2) is 11.8 Å². The maximum absolute atomic E-state index is 13.1. The van der Waals surface area contributed by atoms with Gasteiger partial charge in [-0.3, -0.25) is 4.79 Å². The monoisotopic (exact) mass is 305 g/mol. The molecule has 2 saturated carbocycles. The average molecular weight is 305 g/mol. The highest BCUT2D eigenvalue weighted by atomic mass is 16.5. The minimum absolute atomic E-state index is 0.292. The fourth-order valence-electron chi connectivity index (χ4n) is 5.68. The molecule has 22 heavy (non-hydrogen) atoms. The molecule has 0 aromatic carbocycles. The Morgan fingerprint density at radius 1 is 1.05 bits per heavy atom. The van der Waals surface area contributed by atoms with Crippen molar-refractivity contribution in [1.29, 1.82) is 0 Å². The van der Waals surface area contributed by atoms with E-state index in [9.17, 15) is 4.79 Å². The van der Waals surface area contributed by atoms with Gasteiger partial charge in [0.25, 0.3) is 0 Å². The van der Waals surface area contributed by atoms with Gasteiger partial charge < -0.3 is 14.4 Å². The number of allylic oxidation sites excluding steroid dienone is 2. The zero-order valence-corrected chi connectivity index (χ0v) is 13.7. The summed E-state index contributed by atoms with van der Waals surface area (Å²) in [7, 11) is 3.50. The summed E-state index contributed by atoms with van der Waals surface area (Å²) in [6.07, 6.45) is 8.39. The van der Waals surface area contributed by atoms with Gasteiger partial charge in [-0.1, -0.05) is 6.08 Å². The topological polar surface area (TPSA) is 38.8 Å². The molecule has 1 saturated heterocycles. The SMILES string of the molecule is COC[C@H]1CC[C@H](COC)N1C1=CC2C3CCC(C3)C2C1=O. The molecule has 4 nitrogen and oxygen atoms in total. The fraction of sp³-hybridized carbons (Fsp3) is 0.833. The molecule has 1 aliphatic heterocycles. The third kappa shape index (κ3) is 2.07. The molecule has 0 aromatic rings. The van der Waals surface area contributed by atoms with E-state index in [1.807, 2.05) is 0 Å². The molecule has 4 unspecified atom stereocenters. The lowest BCUT2D eigenvalue weighted by Gasteiger charge is -2.33. The number of carbonyl (C=O) groups is 1. The van der Waals surface area contributed by atoms with Crippen LogP contribution in [0.3, 0.4) is 0 Å². The van der Waals surface area contributed by atoms with Gasteiger partial charge in [-0.2, -0.15) is 0 Å². The number of nitrogens with zero attached hydrogens (tertiary/aromatic N) is 1. The Kier molecular flexibility index (Phi) is 3.77. The second-order valence-corrected chi connectivity index (χ2v) is 7.56. The maximum atomic E-state index is 13.1. The van der Waals surface area contributed by atoms with Gasteiger partial charge >= 0.3 is 0 Å². The number of ketones is 1. The summed E-state index contributed by atoms with van der Waals surface area (Å²) in [5.41, 5.74) is 0.994. The quantitative estimate of drug-likeness (QED) is 0.781. The Labute approximate surface area is 132 Å². The van der Waals surface area contributed by atoms with E-state index < -0.39 is 0 Å². The molecule has 0 N–H and O–H groups in total. The highest BCUT2D eigenvalue weighted by Gasteiger charge is 2.55. The predicted molar refractivity (Wildman–Crippen MR) is 83.3 cm³/mol. The summed E-state index contributed by atoms with van der Waals surface area (Å²) in [5, 5.41) is 0. The van der Waals surface area contributed by atoms with Gasteiger partial charge in [-0.05, 0) is 49.9 Å². The van der Waals surface area contributed by atoms with E-state index >= 15 is 0 Å². The number of methoxy groups -OCH3 is 2. The summed E-state index contributed by atoms with van der Waals surface area (Å²) in [4.78, 5) is 15.4. The number of rotatable bonds is 5. The van der Waals surface area contributed by atoms with Crippen LogP contribution < -0.4 is 0 Å². The number of fused-ring (bicyclic) bond motifs is 5. The van der Waals surface area contributed by atoms with E-state index in [0.29, 0.717) is 48.8 Å². The highest BCUT2D eigenvalue weighted by molar-refractivity contribution is 6.00. The number of Topliss-reactive ketones (excluding diaryl/α,β-unsaturated/α-hetero) is 1. The molecule has 0 amide bonds. The van der Waals surface area contributed by atoms with Gasteiger partial charge in [0.05, 0.1) is 31.0 Å². The van der Waals surface area contributed by atoms with Crippen LogP contribution >= 0.6 is 0 Å². The standard InChI is InChI=1S/C18H27NO3/c1-21-9-13-5-6-14(10-22-2)19(13)16-8-15-11-3-4-12(7-11)17(15)18(16)20/h8,11-15,17H,3-7,9-10H2,1-2H3/t11?,12?,13-,14-,15?,17?/m1/s1. The molecule has 122 valence electrons. The van der Waals surface area contributed by atoms with Gasteiger partial charge in [0, 0.05) is 20.1 Å². The first kappa shape index (κ1) is 14.7. The second-order valence-electron chi connectivity index (χ2n) is 7.56. The van der Waals surface area contributed by atoms with Crippen LogP contribution in [0.2, 0.25) is 0 Å². The van der Waals surface area contributed by atoms with Crippen LogP contribution in [0.25, 0.3) is 0 Å². The van der Waals surface area contributed by atoms with Crippen LogP contribution in [-0.4, -0.2) is 50.2 Å². The van der Waals surface area contributed by atoms with E-state index in [2.05, 4.69) is 11.0 Å². The van der Waals surface area contributed by atoms with Crippen molar-refractivity contribution in [3.63, 3.8) is 0 Å². The van der Waals surface area contributed by atoms with Gasteiger partial charge in [-0.25, -0.2) is 0 Å². The first-order valence-corrected chi connectivity index (χ1v) is 8.76. The summed E-state index contributed by atoms with van der Waals surface area (Å²) >= 11 is 0. The molecule has 4 rings (SSSR count). The minimum atomic E-state index is 0.292. The molecule has 3 fully saturated rings. The number of hydrogen-bond donors (Lipinski definition) is 0. The Morgan fingerprint density at radius 2 is 1.68 bits per heavy atom. The number of carbonyl (C=O) groups excluding carboxylic acids is 1. The van der Waals surface area contributed by atoms with Gasteiger partial charge in [0.15, 0.2) is 5.78 Å². The van der Waals surface area contributed by atoms with E-state index in [4.69, 9.17) is 9.47 Å².